The second-order valence-corrected chi connectivity index (χ2v) is 8.16. The molecular formula is C13H15ClFNO2S. The number of hydrogen-bond donors (Lipinski definition) is 0. The van der Waals surface area contributed by atoms with Gasteiger partial charge in [-0.1, -0.05) is 11.6 Å². The van der Waals surface area contributed by atoms with Gasteiger partial charge in [-0.3, -0.25) is 0 Å². The average Bonchev–Trinajstić information content (AvgIpc) is 3.11. The number of anilines is 1. The molecule has 3 nitrogen and oxygen atoms in total. The highest BCUT2D eigenvalue weighted by atomic mass is 35.5. The van der Waals surface area contributed by atoms with Gasteiger partial charge >= 0.3 is 0 Å². The SMILES string of the molecule is O=S(=O)(C1CC1)C1CCN(c2ccc(Cl)c(F)c2)C1. The summed E-state index contributed by atoms with van der Waals surface area (Å²) in [6.07, 6.45) is 2.23. The third-order valence-corrected chi connectivity index (χ3v) is 6.89. The van der Waals surface area contributed by atoms with Gasteiger partial charge in [0.15, 0.2) is 9.84 Å². The zero-order valence-electron chi connectivity index (χ0n) is 10.4. The predicted molar refractivity (Wildman–Crippen MR) is 74.0 cm³/mol. The standard InChI is InChI=1S/C13H15ClFNO2S/c14-12-4-1-9(7-13(12)15)16-6-5-11(8-16)19(17,18)10-2-3-10/h1,4,7,10-11H,2-3,5-6,8H2. The summed E-state index contributed by atoms with van der Waals surface area (Å²) in [5.74, 6) is -0.465. The van der Waals surface area contributed by atoms with Crippen molar-refractivity contribution >= 4 is 27.1 Å². The molecule has 0 amide bonds. The number of benzene rings is 1. The quantitative estimate of drug-likeness (QED) is 0.861. The lowest BCUT2D eigenvalue weighted by Gasteiger charge is -2.19. The molecular weight excluding hydrogens is 289 g/mol. The fourth-order valence-corrected chi connectivity index (χ4v) is 4.86. The normalized spacial score (nSPS) is 23.9. The molecule has 1 aliphatic carbocycles. The maximum Gasteiger partial charge on any atom is 0.157 e. The number of hydrogen-bond acceptors (Lipinski definition) is 3. The van der Waals surface area contributed by atoms with Crippen LogP contribution in [-0.2, 0) is 9.84 Å². The summed E-state index contributed by atoms with van der Waals surface area (Å²) in [5.41, 5.74) is 0.704. The van der Waals surface area contributed by atoms with Gasteiger partial charge in [-0.2, -0.15) is 0 Å². The summed E-state index contributed by atoms with van der Waals surface area (Å²) < 4.78 is 37.8. The smallest absolute Gasteiger partial charge is 0.157 e. The van der Waals surface area contributed by atoms with Crippen LogP contribution >= 0.6 is 11.6 Å². The molecule has 1 heterocycles. The van der Waals surface area contributed by atoms with Crippen molar-refractivity contribution in [2.45, 2.75) is 29.8 Å². The summed E-state index contributed by atoms with van der Waals surface area (Å²) >= 11 is 5.65. The maximum atomic E-state index is 13.4. The van der Waals surface area contributed by atoms with Crippen molar-refractivity contribution in [1.29, 1.82) is 0 Å². The lowest BCUT2D eigenvalue weighted by molar-refractivity contribution is 0.582. The number of nitrogens with zero attached hydrogens (tertiary/aromatic N) is 1. The molecule has 3 rings (SSSR count). The summed E-state index contributed by atoms with van der Waals surface area (Å²) in [4.78, 5) is 1.92. The molecule has 0 radical (unpaired) electrons. The Bertz CT molecular complexity index is 601. The summed E-state index contributed by atoms with van der Waals surface area (Å²) in [7, 11) is -2.99. The molecule has 0 spiro atoms. The molecule has 104 valence electrons. The molecule has 1 aromatic carbocycles. The molecule has 1 atom stereocenters. The Hall–Kier alpha value is -0.810. The van der Waals surface area contributed by atoms with Crippen LogP contribution in [-0.4, -0.2) is 32.0 Å². The largest absolute Gasteiger partial charge is 0.370 e. The van der Waals surface area contributed by atoms with Crippen LogP contribution in [0.5, 0.6) is 0 Å². The summed E-state index contributed by atoms with van der Waals surface area (Å²) in [6.45, 7) is 1.11. The second-order valence-electron chi connectivity index (χ2n) is 5.24. The number of halogens is 2. The van der Waals surface area contributed by atoms with Crippen molar-refractivity contribution in [3.05, 3.63) is 29.0 Å². The van der Waals surface area contributed by atoms with Crippen LogP contribution in [0.3, 0.4) is 0 Å². The molecule has 0 bridgehead atoms. The zero-order chi connectivity index (χ0) is 13.6. The van der Waals surface area contributed by atoms with Gasteiger partial charge in [0.05, 0.1) is 15.5 Å². The van der Waals surface area contributed by atoms with Crippen LogP contribution in [0.2, 0.25) is 5.02 Å². The highest BCUT2D eigenvalue weighted by Crippen LogP contribution is 2.35. The van der Waals surface area contributed by atoms with E-state index in [2.05, 4.69) is 0 Å². The van der Waals surface area contributed by atoms with Gasteiger partial charge in [0.1, 0.15) is 5.82 Å². The second kappa shape index (κ2) is 4.63. The van der Waals surface area contributed by atoms with E-state index in [1.165, 1.54) is 12.1 Å². The Morgan fingerprint density at radius 3 is 2.58 bits per heavy atom. The third kappa shape index (κ3) is 2.46. The molecule has 1 saturated heterocycles. The molecule has 2 aliphatic rings. The van der Waals surface area contributed by atoms with Gasteiger partial charge in [-0.15, -0.1) is 0 Å². The molecule has 1 unspecified atom stereocenters. The van der Waals surface area contributed by atoms with E-state index in [1.54, 1.807) is 6.07 Å². The monoisotopic (exact) mass is 303 g/mol. The lowest BCUT2D eigenvalue weighted by Crippen LogP contribution is -2.29. The Morgan fingerprint density at radius 1 is 1.21 bits per heavy atom. The Balaban J connectivity index is 1.76. The Morgan fingerprint density at radius 2 is 1.95 bits per heavy atom. The van der Waals surface area contributed by atoms with Crippen LogP contribution in [0.4, 0.5) is 10.1 Å². The molecule has 2 fully saturated rings. The van der Waals surface area contributed by atoms with Crippen molar-refractivity contribution in [2.24, 2.45) is 0 Å². The maximum absolute atomic E-state index is 13.4. The van der Waals surface area contributed by atoms with E-state index in [0.717, 1.165) is 12.8 Å². The van der Waals surface area contributed by atoms with E-state index < -0.39 is 15.7 Å². The van der Waals surface area contributed by atoms with Crippen molar-refractivity contribution in [2.75, 3.05) is 18.0 Å². The first-order valence-electron chi connectivity index (χ1n) is 6.41. The van der Waals surface area contributed by atoms with Crippen molar-refractivity contribution in [3.63, 3.8) is 0 Å². The fourth-order valence-electron chi connectivity index (χ4n) is 2.58. The van der Waals surface area contributed by atoms with E-state index in [0.29, 0.717) is 25.2 Å². The molecule has 1 aliphatic heterocycles. The highest BCUT2D eigenvalue weighted by molar-refractivity contribution is 7.93. The number of sulfone groups is 1. The molecule has 0 N–H and O–H groups in total. The van der Waals surface area contributed by atoms with E-state index in [-0.39, 0.29) is 15.5 Å². The van der Waals surface area contributed by atoms with Crippen LogP contribution in [0.25, 0.3) is 0 Å². The number of rotatable bonds is 3. The average molecular weight is 304 g/mol. The summed E-state index contributed by atoms with van der Waals surface area (Å²) in [5, 5.41) is -0.344. The molecule has 6 heteroatoms. The van der Waals surface area contributed by atoms with Crippen molar-refractivity contribution in [3.8, 4) is 0 Å². The van der Waals surface area contributed by atoms with Crippen molar-refractivity contribution in [1.82, 2.24) is 0 Å². The Kier molecular flexibility index (Phi) is 3.21. The van der Waals surface area contributed by atoms with Crippen molar-refractivity contribution < 1.29 is 12.8 Å². The van der Waals surface area contributed by atoms with Gasteiger partial charge in [-0.25, -0.2) is 12.8 Å². The first-order valence-corrected chi connectivity index (χ1v) is 8.40. The topological polar surface area (TPSA) is 37.4 Å². The van der Waals surface area contributed by atoms with E-state index in [9.17, 15) is 12.8 Å². The van der Waals surface area contributed by atoms with Gasteiger partial charge in [0.2, 0.25) is 0 Å². The predicted octanol–water partition coefficient (Wildman–Crippen LogP) is 2.64. The van der Waals surface area contributed by atoms with E-state index >= 15 is 0 Å². The Labute approximate surface area is 117 Å². The minimum atomic E-state index is -2.99. The van der Waals surface area contributed by atoms with Gasteiger partial charge in [-0.05, 0) is 37.5 Å². The minimum absolute atomic E-state index is 0.0881. The zero-order valence-corrected chi connectivity index (χ0v) is 11.9. The lowest BCUT2D eigenvalue weighted by atomic mass is 10.3. The van der Waals surface area contributed by atoms with E-state index in [4.69, 9.17) is 11.6 Å². The van der Waals surface area contributed by atoms with E-state index in [1.807, 2.05) is 4.90 Å². The fraction of sp³-hybridized carbons (Fsp3) is 0.538. The van der Waals surface area contributed by atoms with Gasteiger partial charge in [0.25, 0.3) is 0 Å². The molecule has 1 saturated carbocycles. The molecule has 19 heavy (non-hydrogen) atoms. The molecule has 0 aromatic heterocycles. The van der Waals surface area contributed by atoms with Crippen LogP contribution < -0.4 is 4.90 Å². The van der Waals surface area contributed by atoms with Crippen LogP contribution in [0.1, 0.15) is 19.3 Å². The minimum Gasteiger partial charge on any atom is -0.370 e. The first kappa shape index (κ1) is 13.2. The molecule has 1 aromatic rings. The third-order valence-electron chi connectivity index (χ3n) is 3.87. The first-order chi connectivity index (χ1) is 8.98. The van der Waals surface area contributed by atoms with Crippen LogP contribution in [0.15, 0.2) is 18.2 Å². The van der Waals surface area contributed by atoms with Gasteiger partial charge < -0.3 is 4.90 Å². The summed E-state index contributed by atoms with van der Waals surface area (Å²) in [6, 6.07) is 4.61. The highest BCUT2D eigenvalue weighted by Gasteiger charge is 2.43. The van der Waals surface area contributed by atoms with Crippen LogP contribution in [0, 0.1) is 5.82 Å². The van der Waals surface area contributed by atoms with Gasteiger partial charge in [0, 0.05) is 18.8 Å².